The molecule has 1 rings (SSSR count). The number of imide groups is 1. The van der Waals surface area contributed by atoms with Gasteiger partial charge in [0.2, 0.25) is 0 Å². The maximum atomic E-state index is 11.7. The highest BCUT2D eigenvalue weighted by atomic mass is 35.5. The second kappa shape index (κ2) is 7.06. The van der Waals surface area contributed by atoms with E-state index in [2.05, 4.69) is 10.6 Å². The van der Waals surface area contributed by atoms with Gasteiger partial charge in [0.05, 0.1) is 10.6 Å². The van der Waals surface area contributed by atoms with Crippen LogP contribution in [0.5, 0.6) is 5.75 Å². The lowest BCUT2D eigenvalue weighted by atomic mass is 10.2. The van der Waals surface area contributed by atoms with Crippen molar-refractivity contribution in [1.29, 1.82) is 0 Å². The molecular weight excluding hydrogens is 302 g/mol. The predicted octanol–water partition coefficient (Wildman–Crippen LogP) is 1.20. The molecule has 0 radical (unpaired) electrons. The molecule has 1 unspecified atom stereocenters. The summed E-state index contributed by atoms with van der Waals surface area (Å²) in [5, 5.41) is 4.69. The zero-order chi connectivity index (χ0) is 15.3. The Labute approximate surface area is 126 Å². The molecule has 108 valence electrons. The zero-order valence-corrected chi connectivity index (χ0v) is 12.5. The van der Waals surface area contributed by atoms with Gasteiger partial charge in [0, 0.05) is 7.05 Å². The predicted molar refractivity (Wildman–Crippen MR) is 80.0 cm³/mol. The third-order valence-electron chi connectivity index (χ3n) is 2.36. The minimum absolute atomic E-state index is 0.0597. The zero-order valence-electron chi connectivity index (χ0n) is 10.9. The number of amides is 3. The summed E-state index contributed by atoms with van der Waals surface area (Å²) in [5.41, 5.74) is 5.92. The molecule has 3 amide bonds. The molecule has 0 spiro atoms. The number of hydrogen-bond donors (Lipinski definition) is 3. The number of carbonyl (C=O) groups excluding carboxylic acids is 2. The van der Waals surface area contributed by atoms with Crippen molar-refractivity contribution >= 4 is 40.7 Å². The minimum atomic E-state index is -0.918. The summed E-state index contributed by atoms with van der Waals surface area (Å²) in [5.74, 6) is -0.317. The van der Waals surface area contributed by atoms with Gasteiger partial charge >= 0.3 is 6.03 Å². The number of hydrogen-bond acceptors (Lipinski definition) is 4. The normalized spacial score (nSPS) is 11.3. The van der Waals surface area contributed by atoms with Gasteiger partial charge in [-0.3, -0.25) is 10.1 Å². The molecule has 0 heterocycles. The summed E-state index contributed by atoms with van der Waals surface area (Å²) in [7, 11) is 1.40. The molecular formula is C12H14ClN3O3S. The molecule has 0 saturated carbocycles. The summed E-state index contributed by atoms with van der Waals surface area (Å²) in [4.78, 5) is 22.8. The van der Waals surface area contributed by atoms with Crippen LogP contribution in [0.1, 0.15) is 12.5 Å². The van der Waals surface area contributed by atoms with Crippen LogP contribution < -0.4 is 21.1 Å². The summed E-state index contributed by atoms with van der Waals surface area (Å²) in [6.45, 7) is 1.49. The number of nitrogens with one attached hydrogen (secondary N) is 2. The highest BCUT2D eigenvalue weighted by Gasteiger charge is 2.19. The highest BCUT2D eigenvalue weighted by Crippen LogP contribution is 2.27. The Balaban J connectivity index is 2.88. The maximum absolute atomic E-state index is 11.7. The van der Waals surface area contributed by atoms with Gasteiger partial charge in [-0.15, -0.1) is 0 Å². The number of rotatable bonds is 4. The van der Waals surface area contributed by atoms with Gasteiger partial charge in [0.1, 0.15) is 10.7 Å². The Morgan fingerprint density at radius 3 is 2.65 bits per heavy atom. The average Bonchev–Trinajstić information content (AvgIpc) is 2.37. The lowest BCUT2D eigenvalue weighted by molar-refractivity contribution is -0.126. The van der Waals surface area contributed by atoms with Crippen LogP contribution in [0.3, 0.4) is 0 Å². The fourth-order valence-corrected chi connectivity index (χ4v) is 1.90. The number of urea groups is 1. The van der Waals surface area contributed by atoms with Gasteiger partial charge < -0.3 is 15.8 Å². The molecule has 6 nitrogen and oxygen atoms in total. The van der Waals surface area contributed by atoms with E-state index < -0.39 is 18.0 Å². The summed E-state index contributed by atoms with van der Waals surface area (Å²) >= 11 is 10.9. The number of halogens is 1. The van der Waals surface area contributed by atoms with Crippen LogP contribution in [-0.4, -0.2) is 30.1 Å². The van der Waals surface area contributed by atoms with E-state index in [0.29, 0.717) is 10.6 Å². The quantitative estimate of drug-likeness (QED) is 0.726. The van der Waals surface area contributed by atoms with E-state index in [-0.39, 0.29) is 10.7 Å². The van der Waals surface area contributed by atoms with Crippen LogP contribution in [0.4, 0.5) is 4.79 Å². The Kier molecular flexibility index (Phi) is 5.72. The molecule has 0 aliphatic rings. The second-order valence-electron chi connectivity index (χ2n) is 3.81. The Bertz CT molecular complexity index is 551. The Morgan fingerprint density at radius 2 is 2.10 bits per heavy atom. The van der Waals surface area contributed by atoms with Crippen molar-refractivity contribution in [2.45, 2.75) is 13.0 Å². The minimum Gasteiger partial charge on any atom is -0.480 e. The number of thiocarbonyl (C=S) groups is 1. The third kappa shape index (κ3) is 4.07. The standard InChI is InChI=1S/C12H14ClN3O3S/c1-6(11(17)16-12(18)15-2)19-8-5-3-4-7(13)9(8)10(14)20/h3-6H,1-2H3,(H2,14,20)(H2,15,16,17,18). The SMILES string of the molecule is CNC(=O)NC(=O)C(C)Oc1cccc(Cl)c1C(N)=S. The van der Waals surface area contributed by atoms with E-state index in [9.17, 15) is 9.59 Å². The van der Waals surface area contributed by atoms with Crippen LogP contribution in [-0.2, 0) is 4.79 Å². The van der Waals surface area contributed by atoms with E-state index in [4.69, 9.17) is 34.3 Å². The molecule has 0 fully saturated rings. The van der Waals surface area contributed by atoms with Crippen LogP contribution in [0.25, 0.3) is 0 Å². The molecule has 0 aromatic heterocycles. The van der Waals surface area contributed by atoms with Gasteiger partial charge in [-0.25, -0.2) is 4.79 Å². The molecule has 1 atom stereocenters. The fourth-order valence-electron chi connectivity index (χ4n) is 1.36. The van der Waals surface area contributed by atoms with Crippen molar-refractivity contribution in [2.75, 3.05) is 7.05 Å². The van der Waals surface area contributed by atoms with Crippen molar-refractivity contribution in [1.82, 2.24) is 10.6 Å². The fraction of sp³-hybridized carbons (Fsp3) is 0.250. The lowest BCUT2D eigenvalue weighted by Crippen LogP contribution is -2.44. The Hall–Kier alpha value is -1.86. The topological polar surface area (TPSA) is 93.5 Å². The summed E-state index contributed by atoms with van der Waals surface area (Å²) < 4.78 is 5.45. The van der Waals surface area contributed by atoms with Gasteiger partial charge in [0.25, 0.3) is 5.91 Å². The van der Waals surface area contributed by atoms with Crippen LogP contribution in [0.15, 0.2) is 18.2 Å². The number of ether oxygens (including phenoxy) is 1. The van der Waals surface area contributed by atoms with Gasteiger partial charge in [-0.05, 0) is 19.1 Å². The first-order valence-corrected chi connectivity index (χ1v) is 6.43. The van der Waals surface area contributed by atoms with E-state index in [1.54, 1.807) is 18.2 Å². The van der Waals surface area contributed by atoms with Gasteiger partial charge in [0.15, 0.2) is 6.10 Å². The van der Waals surface area contributed by atoms with E-state index in [1.807, 2.05) is 0 Å². The maximum Gasteiger partial charge on any atom is 0.321 e. The summed E-state index contributed by atoms with van der Waals surface area (Å²) in [6.07, 6.45) is -0.918. The van der Waals surface area contributed by atoms with Gasteiger partial charge in [-0.1, -0.05) is 29.9 Å². The third-order valence-corrected chi connectivity index (χ3v) is 2.88. The lowest BCUT2D eigenvalue weighted by Gasteiger charge is -2.17. The van der Waals surface area contributed by atoms with Crippen molar-refractivity contribution in [3.05, 3.63) is 28.8 Å². The first kappa shape index (κ1) is 16.2. The van der Waals surface area contributed by atoms with Crippen molar-refractivity contribution < 1.29 is 14.3 Å². The van der Waals surface area contributed by atoms with E-state index in [1.165, 1.54) is 14.0 Å². The molecule has 1 aromatic rings. The second-order valence-corrected chi connectivity index (χ2v) is 4.65. The van der Waals surface area contributed by atoms with Crippen molar-refractivity contribution in [2.24, 2.45) is 5.73 Å². The molecule has 8 heteroatoms. The van der Waals surface area contributed by atoms with Crippen LogP contribution in [0.2, 0.25) is 5.02 Å². The molecule has 0 bridgehead atoms. The van der Waals surface area contributed by atoms with Gasteiger partial charge in [-0.2, -0.15) is 0 Å². The van der Waals surface area contributed by atoms with E-state index >= 15 is 0 Å². The molecule has 1 aromatic carbocycles. The molecule has 0 aliphatic heterocycles. The first-order chi connectivity index (χ1) is 9.36. The average molecular weight is 316 g/mol. The van der Waals surface area contributed by atoms with Crippen molar-refractivity contribution in [3.63, 3.8) is 0 Å². The van der Waals surface area contributed by atoms with Crippen LogP contribution in [0, 0.1) is 0 Å². The Morgan fingerprint density at radius 1 is 1.45 bits per heavy atom. The van der Waals surface area contributed by atoms with Crippen LogP contribution >= 0.6 is 23.8 Å². The summed E-state index contributed by atoms with van der Waals surface area (Å²) in [6, 6.07) is 4.22. The monoisotopic (exact) mass is 315 g/mol. The molecule has 0 aliphatic carbocycles. The van der Waals surface area contributed by atoms with Crippen molar-refractivity contribution in [3.8, 4) is 5.75 Å². The molecule has 4 N–H and O–H groups in total. The first-order valence-electron chi connectivity index (χ1n) is 5.64. The smallest absolute Gasteiger partial charge is 0.321 e. The molecule has 0 saturated heterocycles. The molecule has 20 heavy (non-hydrogen) atoms. The number of carbonyl (C=O) groups is 2. The van der Waals surface area contributed by atoms with E-state index in [0.717, 1.165) is 0 Å². The largest absolute Gasteiger partial charge is 0.480 e. The number of benzene rings is 1. The highest BCUT2D eigenvalue weighted by molar-refractivity contribution is 7.80. The number of nitrogens with two attached hydrogens (primary N) is 1.